The summed E-state index contributed by atoms with van der Waals surface area (Å²) >= 11 is 1.14. The number of hydrogen-bond acceptors (Lipinski definition) is 6. The molecule has 8 heteroatoms. The van der Waals surface area contributed by atoms with Gasteiger partial charge in [0.05, 0.1) is 12.4 Å². The van der Waals surface area contributed by atoms with Gasteiger partial charge in [-0.05, 0) is 31.2 Å². The average Bonchev–Trinajstić information content (AvgIpc) is 2.95. The number of rotatable bonds is 7. The molecular weight excluding hydrogens is 309 g/mol. The number of benzene rings is 1. The van der Waals surface area contributed by atoms with Crippen LogP contribution in [0.3, 0.4) is 0 Å². The van der Waals surface area contributed by atoms with Crippen molar-refractivity contribution in [3.05, 3.63) is 30.1 Å². The van der Waals surface area contributed by atoms with Crippen LogP contribution in [0.4, 0.5) is 4.39 Å². The second kappa shape index (κ2) is 7.90. The average molecular weight is 325 g/mol. The topological polar surface area (TPSA) is 77.2 Å². The Morgan fingerprint density at radius 2 is 2.14 bits per heavy atom. The number of thioether (sulfide) groups is 1. The Morgan fingerprint density at radius 3 is 2.82 bits per heavy atom. The zero-order chi connectivity index (χ0) is 15.9. The van der Waals surface area contributed by atoms with Crippen molar-refractivity contribution in [3.63, 3.8) is 0 Å². The maximum atomic E-state index is 12.9. The normalized spacial score (nSPS) is 12.1. The smallest absolute Gasteiger partial charge is 0.277 e. The molecule has 2 aromatic rings. The first kappa shape index (κ1) is 16.4. The minimum absolute atomic E-state index is 0.0597. The standard InChI is InChI=1S/C14H16FN3O3S/c1-9(7-20-2)16-12(19)8-22-14-18-17-13(21-14)10-3-5-11(15)6-4-10/h3-6,9H,7-8H2,1-2H3,(H,16,19)/t9-/m1/s1. The third-order valence-corrected chi connectivity index (χ3v) is 3.47. The molecule has 1 atom stereocenters. The Morgan fingerprint density at radius 1 is 1.41 bits per heavy atom. The summed E-state index contributed by atoms with van der Waals surface area (Å²) in [6.07, 6.45) is 0. The van der Waals surface area contributed by atoms with Gasteiger partial charge in [-0.2, -0.15) is 0 Å². The predicted molar refractivity (Wildman–Crippen MR) is 79.9 cm³/mol. The van der Waals surface area contributed by atoms with E-state index in [4.69, 9.17) is 9.15 Å². The first-order valence-corrected chi connectivity index (χ1v) is 7.57. The Labute approximate surface area is 131 Å². The number of nitrogens with one attached hydrogen (secondary N) is 1. The molecule has 1 aromatic carbocycles. The minimum atomic E-state index is -0.334. The van der Waals surface area contributed by atoms with Crippen molar-refractivity contribution in [3.8, 4) is 11.5 Å². The lowest BCUT2D eigenvalue weighted by Gasteiger charge is -2.11. The zero-order valence-corrected chi connectivity index (χ0v) is 13.0. The highest BCUT2D eigenvalue weighted by molar-refractivity contribution is 7.99. The van der Waals surface area contributed by atoms with E-state index in [9.17, 15) is 9.18 Å². The van der Waals surface area contributed by atoms with Gasteiger partial charge < -0.3 is 14.5 Å². The van der Waals surface area contributed by atoms with Crippen molar-refractivity contribution < 1.29 is 18.3 Å². The number of ether oxygens (including phenoxy) is 1. The van der Waals surface area contributed by atoms with Gasteiger partial charge in [0.2, 0.25) is 11.8 Å². The van der Waals surface area contributed by atoms with Crippen molar-refractivity contribution in [2.24, 2.45) is 0 Å². The van der Waals surface area contributed by atoms with E-state index in [1.165, 1.54) is 12.1 Å². The Kier molecular flexibility index (Phi) is 5.91. The molecule has 118 valence electrons. The first-order chi connectivity index (χ1) is 10.6. The van der Waals surface area contributed by atoms with Crippen molar-refractivity contribution in [1.82, 2.24) is 15.5 Å². The number of carbonyl (C=O) groups is 1. The van der Waals surface area contributed by atoms with Crippen LogP contribution in [-0.4, -0.2) is 41.6 Å². The molecular formula is C14H16FN3O3S. The molecule has 1 aromatic heterocycles. The van der Waals surface area contributed by atoms with E-state index < -0.39 is 0 Å². The second-order valence-corrected chi connectivity index (χ2v) is 5.52. The Bertz CT molecular complexity index is 618. The molecule has 0 spiro atoms. The first-order valence-electron chi connectivity index (χ1n) is 6.59. The second-order valence-electron chi connectivity index (χ2n) is 4.59. The van der Waals surface area contributed by atoms with E-state index >= 15 is 0 Å². The van der Waals surface area contributed by atoms with E-state index in [2.05, 4.69) is 15.5 Å². The van der Waals surface area contributed by atoms with Crippen LogP contribution in [-0.2, 0) is 9.53 Å². The molecule has 0 aliphatic rings. The molecule has 0 saturated carbocycles. The predicted octanol–water partition coefficient (Wildman–Crippen LogP) is 2.12. The molecule has 22 heavy (non-hydrogen) atoms. The maximum Gasteiger partial charge on any atom is 0.277 e. The summed E-state index contributed by atoms with van der Waals surface area (Å²) in [6.45, 7) is 2.30. The fraction of sp³-hybridized carbons (Fsp3) is 0.357. The van der Waals surface area contributed by atoms with E-state index in [1.807, 2.05) is 6.92 Å². The van der Waals surface area contributed by atoms with Crippen LogP contribution in [0.25, 0.3) is 11.5 Å². The third-order valence-electron chi connectivity index (χ3n) is 2.65. The number of hydrogen-bond donors (Lipinski definition) is 1. The number of amides is 1. The minimum Gasteiger partial charge on any atom is -0.411 e. The molecule has 1 N–H and O–H groups in total. The van der Waals surface area contributed by atoms with Crippen molar-refractivity contribution in [1.29, 1.82) is 0 Å². The number of halogens is 1. The lowest BCUT2D eigenvalue weighted by molar-refractivity contribution is -0.119. The molecule has 0 radical (unpaired) electrons. The molecule has 0 bridgehead atoms. The maximum absolute atomic E-state index is 12.9. The van der Waals surface area contributed by atoms with Crippen LogP contribution in [0.5, 0.6) is 0 Å². The fourth-order valence-corrected chi connectivity index (χ4v) is 2.29. The molecule has 6 nitrogen and oxygen atoms in total. The van der Waals surface area contributed by atoms with E-state index in [0.717, 1.165) is 11.8 Å². The van der Waals surface area contributed by atoms with Crippen LogP contribution >= 0.6 is 11.8 Å². The summed E-state index contributed by atoms with van der Waals surface area (Å²) in [5.41, 5.74) is 0.624. The van der Waals surface area contributed by atoms with Crippen molar-refractivity contribution in [2.75, 3.05) is 19.5 Å². The van der Waals surface area contributed by atoms with Crippen molar-refractivity contribution >= 4 is 17.7 Å². The van der Waals surface area contributed by atoms with Gasteiger partial charge in [0, 0.05) is 18.7 Å². The lowest BCUT2D eigenvalue weighted by Crippen LogP contribution is -2.36. The molecule has 0 unspecified atom stereocenters. The highest BCUT2D eigenvalue weighted by Gasteiger charge is 2.12. The zero-order valence-electron chi connectivity index (χ0n) is 12.2. The van der Waals surface area contributed by atoms with Crippen LogP contribution in [0.15, 0.2) is 33.9 Å². The summed E-state index contributed by atoms with van der Waals surface area (Å²) in [5.74, 6) is -0.0227. The van der Waals surface area contributed by atoms with E-state index in [0.29, 0.717) is 12.2 Å². The Hall–Kier alpha value is -1.93. The lowest BCUT2D eigenvalue weighted by atomic mass is 10.2. The van der Waals surface area contributed by atoms with Crippen LogP contribution in [0.1, 0.15) is 6.92 Å². The van der Waals surface area contributed by atoms with Crippen molar-refractivity contribution in [2.45, 2.75) is 18.2 Å². The molecule has 0 fully saturated rings. The summed E-state index contributed by atoms with van der Waals surface area (Å²) in [7, 11) is 1.58. The molecule has 1 heterocycles. The highest BCUT2D eigenvalue weighted by atomic mass is 32.2. The number of carbonyl (C=O) groups excluding carboxylic acids is 1. The highest BCUT2D eigenvalue weighted by Crippen LogP contribution is 2.23. The summed E-state index contributed by atoms with van der Waals surface area (Å²) in [5, 5.41) is 10.8. The van der Waals surface area contributed by atoms with Gasteiger partial charge >= 0.3 is 0 Å². The fourth-order valence-electron chi connectivity index (χ4n) is 1.71. The van der Waals surface area contributed by atoms with Crippen LogP contribution < -0.4 is 5.32 Å². The molecule has 0 aliphatic carbocycles. The molecule has 0 saturated heterocycles. The van der Waals surface area contributed by atoms with Gasteiger partial charge in [-0.25, -0.2) is 4.39 Å². The molecule has 2 rings (SSSR count). The Balaban J connectivity index is 1.87. The number of methoxy groups -OCH3 is 1. The number of aromatic nitrogens is 2. The third kappa shape index (κ3) is 4.81. The summed E-state index contributed by atoms with van der Waals surface area (Å²) < 4.78 is 23.2. The van der Waals surface area contributed by atoms with Crippen LogP contribution in [0, 0.1) is 5.82 Å². The van der Waals surface area contributed by atoms with Gasteiger partial charge in [-0.1, -0.05) is 11.8 Å². The largest absolute Gasteiger partial charge is 0.411 e. The quantitative estimate of drug-likeness (QED) is 0.786. The number of nitrogens with zero attached hydrogens (tertiary/aromatic N) is 2. The molecule has 0 aliphatic heterocycles. The summed E-state index contributed by atoms with van der Waals surface area (Å²) in [4.78, 5) is 11.7. The monoisotopic (exact) mass is 325 g/mol. The van der Waals surface area contributed by atoms with Gasteiger partial charge in [0.15, 0.2) is 0 Å². The van der Waals surface area contributed by atoms with Crippen LogP contribution in [0.2, 0.25) is 0 Å². The van der Waals surface area contributed by atoms with E-state index in [-0.39, 0.29) is 34.6 Å². The van der Waals surface area contributed by atoms with Gasteiger partial charge in [-0.3, -0.25) is 4.79 Å². The molecule has 1 amide bonds. The summed E-state index contributed by atoms with van der Waals surface area (Å²) in [6, 6.07) is 5.68. The van der Waals surface area contributed by atoms with Gasteiger partial charge in [-0.15, -0.1) is 10.2 Å². The SMILES string of the molecule is COC[C@@H](C)NC(=O)CSc1nnc(-c2ccc(F)cc2)o1. The van der Waals surface area contributed by atoms with E-state index in [1.54, 1.807) is 19.2 Å². The van der Waals surface area contributed by atoms with Gasteiger partial charge in [0.25, 0.3) is 5.22 Å². The van der Waals surface area contributed by atoms with Gasteiger partial charge in [0.1, 0.15) is 5.82 Å².